The molecule has 0 saturated carbocycles. The van der Waals surface area contributed by atoms with Crippen LogP contribution in [0.15, 0.2) is 18.2 Å². The van der Waals surface area contributed by atoms with E-state index in [2.05, 4.69) is 17.4 Å². The Kier molecular flexibility index (Phi) is 4.31. The lowest BCUT2D eigenvalue weighted by molar-refractivity contribution is -0.120. The van der Waals surface area contributed by atoms with Crippen molar-refractivity contribution in [3.63, 3.8) is 0 Å². The number of aryl methyl sites for hydroxylation is 2. The van der Waals surface area contributed by atoms with Crippen LogP contribution < -0.4 is 11.1 Å². The van der Waals surface area contributed by atoms with Crippen molar-refractivity contribution in [2.24, 2.45) is 5.73 Å². The quantitative estimate of drug-likeness (QED) is 0.769. The van der Waals surface area contributed by atoms with Crippen LogP contribution in [0.4, 0.5) is 0 Å². The number of nitrogens with one attached hydrogen (secondary N) is 1. The molecule has 0 heterocycles. The Balaban J connectivity index is 2.63. The van der Waals surface area contributed by atoms with E-state index in [0.29, 0.717) is 19.5 Å². The molecule has 15 heavy (non-hydrogen) atoms. The Hall–Kier alpha value is -1.35. The van der Waals surface area contributed by atoms with Crippen LogP contribution in [-0.4, -0.2) is 19.0 Å². The van der Waals surface area contributed by atoms with E-state index in [0.717, 1.165) is 11.1 Å². The fraction of sp³-hybridized carbons (Fsp3) is 0.417. The van der Waals surface area contributed by atoms with Crippen molar-refractivity contribution in [3.8, 4) is 0 Å². The van der Waals surface area contributed by atoms with Gasteiger partial charge in [-0.25, -0.2) is 0 Å². The predicted molar refractivity (Wildman–Crippen MR) is 61.7 cm³/mol. The first-order valence-electron chi connectivity index (χ1n) is 5.16. The first-order valence-corrected chi connectivity index (χ1v) is 5.16. The average Bonchev–Trinajstić information content (AvgIpc) is 2.20. The second-order valence-corrected chi connectivity index (χ2v) is 3.75. The third-order valence-electron chi connectivity index (χ3n) is 2.32. The van der Waals surface area contributed by atoms with Crippen LogP contribution in [-0.2, 0) is 11.2 Å². The van der Waals surface area contributed by atoms with Gasteiger partial charge in [0.1, 0.15) is 0 Å². The lowest BCUT2D eigenvalue weighted by Crippen LogP contribution is -2.30. The van der Waals surface area contributed by atoms with Gasteiger partial charge in [0.25, 0.3) is 0 Å². The SMILES string of the molecule is Cc1ccc(C)c(CC(=O)NCCN)c1. The highest BCUT2D eigenvalue weighted by molar-refractivity contribution is 5.78. The topological polar surface area (TPSA) is 55.1 Å². The number of hydrogen-bond donors (Lipinski definition) is 2. The fourth-order valence-corrected chi connectivity index (χ4v) is 1.44. The van der Waals surface area contributed by atoms with Crippen LogP contribution in [0.2, 0.25) is 0 Å². The van der Waals surface area contributed by atoms with Crippen molar-refractivity contribution >= 4 is 5.91 Å². The standard InChI is InChI=1S/C12H18N2O/c1-9-3-4-10(2)11(7-9)8-12(15)14-6-5-13/h3-4,7H,5-6,8,13H2,1-2H3,(H,14,15). The Labute approximate surface area is 90.7 Å². The molecule has 0 atom stereocenters. The summed E-state index contributed by atoms with van der Waals surface area (Å²) >= 11 is 0. The summed E-state index contributed by atoms with van der Waals surface area (Å²) in [7, 11) is 0. The molecule has 0 aliphatic heterocycles. The van der Waals surface area contributed by atoms with E-state index < -0.39 is 0 Å². The summed E-state index contributed by atoms with van der Waals surface area (Å²) in [5.74, 6) is 0.0363. The monoisotopic (exact) mass is 206 g/mol. The highest BCUT2D eigenvalue weighted by atomic mass is 16.1. The molecule has 0 spiro atoms. The van der Waals surface area contributed by atoms with Crippen LogP contribution in [0.1, 0.15) is 16.7 Å². The molecule has 1 aromatic carbocycles. The number of hydrogen-bond acceptors (Lipinski definition) is 2. The minimum Gasteiger partial charge on any atom is -0.355 e. The smallest absolute Gasteiger partial charge is 0.224 e. The number of nitrogens with two attached hydrogens (primary N) is 1. The fourth-order valence-electron chi connectivity index (χ4n) is 1.44. The summed E-state index contributed by atoms with van der Waals surface area (Å²) in [4.78, 5) is 11.5. The molecule has 0 radical (unpaired) electrons. The van der Waals surface area contributed by atoms with Crippen molar-refractivity contribution in [1.82, 2.24) is 5.32 Å². The minimum absolute atomic E-state index is 0.0363. The predicted octanol–water partition coefficient (Wildman–Crippen LogP) is 0.921. The van der Waals surface area contributed by atoms with Gasteiger partial charge in [0.15, 0.2) is 0 Å². The summed E-state index contributed by atoms with van der Waals surface area (Å²) in [6, 6.07) is 6.15. The third kappa shape index (κ3) is 3.72. The molecule has 0 unspecified atom stereocenters. The number of rotatable bonds is 4. The first-order chi connectivity index (χ1) is 7.13. The number of carbonyl (C=O) groups is 1. The zero-order chi connectivity index (χ0) is 11.3. The molecule has 3 nitrogen and oxygen atoms in total. The summed E-state index contributed by atoms with van der Waals surface area (Å²) in [6.07, 6.45) is 0.438. The van der Waals surface area contributed by atoms with Gasteiger partial charge in [0.05, 0.1) is 6.42 Å². The Bertz CT molecular complexity index is 347. The second kappa shape index (κ2) is 5.51. The maximum absolute atomic E-state index is 11.5. The second-order valence-electron chi connectivity index (χ2n) is 3.75. The summed E-state index contributed by atoms with van der Waals surface area (Å²) in [5, 5.41) is 2.76. The molecule has 1 amide bonds. The zero-order valence-electron chi connectivity index (χ0n) is 9.34. The molecule has 0 saturated heterocycles. The molecule has 1 aromatic rings. The largest absolute Gasteiger partial charge is 0.355 e. The van der Waals surface area contributed by atoms with Crippen molar-refractivity contribution < 1.29 is 4.79 Å². The van der Waals surface area contributed by atoms with Gasteiger partial charge in [-0.05, 0) is 25.0 Å². The molecular weight excluding hydrogens is 188 g/mol. The van der Waals surface area contributed by atoms with E-state index in [1.54, 1.807) is 0 Å². The lowest BCUT2D eigenvalue weighted by atomic mass is 10.0. The lowest BCUT2D eigenvalue weighted by Gasteiger charge is -2.07. The van der Waals surface area contributed by atoms with E-state index >= 15 is 0 Å². The van der Waals surface area contributed by atoms with E-state index in [9.17, 15) is 4.79 Å². The molecule has 3 heteroatoms. The summed E-state index contributed by atoms with van der Waals surface area (Å²) < 4.78 is 0. The Morgan fingerprint density at radius 3 is 2.80 bits per heavy atom. The van der Waals surface area contributed by atoms with Gasteiger partial charge in [0.2, 0.25) is 5.91 Å². The molecule has 0 bridgehead atoms. The van der Waals surface area contributed by atoms with Crippen molar-refractivity contribution in [3.05, 3.63) is 34.9 Å². The highest BCUT2D eigenvalue weighted by Crippen LogP contribution is 2.10. The third-order valence-corrected chi connectivity index (χ3v) is 2.32. The molecule has 3 N–H and O–H groups in total. The molecule has 0 aliphatic carbocycles. The molecule has 0 aliphatic rings. The molecule has 82 valence electrons. The number of carbonyl (C=O) groups excluding carboxylic acids is 1. The van der Waals surface area contributed by atoms with E-state index in [1.165, 1.54) is 5.56 Å². The summed E-state index contributed by atoms with van der Waals surface area (Å²) in [5.41, 5.74) is 8.74. The van der Waals surface area contributed by atoms with Crippen LogP contribution >= 0.6 is 0 Å². The van der Waals surface area contributed by atoms with Gasteiger partial charge < -0.3 is 11.1 Å². The molecule has 0 aromatic heterocycles. The van der Waals surface area contributed by atoms with Crippen molar-refractivity contribution in [2.45, 2.75) is 20.3 Å². The van der Waals surface area contributed by atoms with Crippen molar-refractivity contribution in [1.29, 1.82) is 0 Å². The van der Waals surface area contributed by atoms with Crippen LogP contribution in [0, 0.1) is 13.8 Å². The molecule has 1 rings (SSSR count). The number of benzene rings is 1. The van der Waals surface area contributed by atoms with Gasteiger partial charge in [-0.1, -0.05) is 23.8 Å². The molecule has 0 fully saturated rings. The Morgan fingerprint density at radius 1 is 1.40 bits per heavy atom. The van der Waals surface area contributed by atoms with Gasteiger partial charge in [0, 0.05) is 13.1 Å². The maximum atomic E-state index is 11.5. The summed E-state index contributed by atoms with van der Waals surface area (Å²) in [6.45, 7) is 5.08. The van der Waals surface area contributed by atoms with Gasteiger partial charge >= 0.3 is 0 Å². The maximum Gasteiger partial charge on any atom is 0.224 e. The van der Waals surface area contributed by atoms with E-state index in [4.69, 9.17) is 5.73 Å². The van der Waals surface area contributed by atoms with Crippen molar-refractivity contribution in [2.75, 3.05) is 13.1 Å². The minimum atomic E-state index is 0.0363. The van der Waals surface area contributed by atoms with Crippen LogP contribution in [0.5, 0.6) is 0 Å². The first kappa shape index (κ1) is 11.7. The van der Waals surface area contributed by atoms with Gasteiger partial charge in [-0.3, -0.25) is 4.79 Å². The molecular formula is C12H18N2O. The zero-order valence-corrected chi connectivity index (χ0v) is 9.34. The van der Waals surface area contributed by atoms with Crippen LogP contribution in [0.3, 0.4) is 0 Å². The van der Waals surface area contributed by atoms with Gasteiger partial charge in [-0.15, -0.1) is 0 Å². The van der Waals surface area contributed by atoms with E-state index in [-0.39, 0.29) is 5.91 Å². The van der Waals surface area contributed by atoms with Crippen LogP contribution in [0.25, 0.3) is 0 Å². The van der Waals surface area contributed by atoms with E-state index in [1.807, 2.05) is 19.9 Å². The highest BCUT2D eigenvalue weighted by Gasteiger charge is 2.05. The Morgan fingerprint density at radius 2 is 2.13 bits per heavy atom. The van der Waals surface area contributed by atoms with Gasteiger partial charge in [-0.2, -0.15) is 0 Å². The number of amides is 1. The normalized spacial score (nSPS) is 10.1. The average molecular weight is 206 g/mol.